The first-order valence-electron chi connectivity index (χ1n) is 11.1. The number of aromatic nitrogens is 9. The first kappa shape index (κ1) is 25.8. The molecule has 4 heterocycles. The van der Waals surface area contributed by atoms with Gasteiger partial charge in [0.2, 0.25) is 0 Å². The molecule has 0 aliphatic heterocycles. The van der Waals surface area contributed by atoms with Crippen molar-refractivity contribution >= 4 is 21.4 Å². The Balaban J connectivity index is 1.74. The van der Waals surface area contributed by atoms with Crippen molar-refractivity contribution < 1.29 is 13.2 Å². The lowest BCUT2D eigenvalue weighted by molar-refractivity contribution is 0.0948. The highest BCUT2D eigenvalue weighted by Crippen LogP contribution is 2.29. The number of halogens is 1. The number of rotatable bonds is 9. The summed E-state index contributed by atoms with van der Waals surface area (Å²) in [5, 5.41) is 12.3. The molecule has 0 amide bonds. The topological polar surface area (TPSA) is 143 Å². The predicted octanol–water partition coefficient (Wildman–Crippen LogP) is 2.52. The Bertz CT molecular complexity index is 1450. The lowest BCUT2D eigenvalue weighted by Gasteiger charge is -2.22. The van der Waals surface area contributed by atoms with Crippen LogP contribution >= 0.6 is 11.6 Å². The van der Waals surface area contributed by atoms with E-state index in [2.05, 4.69) is 35.2 Å². The van der Waals surface area contributed by atoms with Crippen molar-refractivity contribution in [3.05, 3.63) is 65.1 Å². The zero-order valence-electron chi connectivity index (χ0n) is 20.4. The molecular weight excluding hydrogens is 506 g/mol. The second-order valence-corrected chi connectivity index (χ2v) is 11.1. The van der Waals surface area contributed by atoms with Crippen LogP contribution in [0.3, 0.4) is 0 Å². The molecule has 0 N–H and O–H groups in total. The fraction of sp³-hybridized carbons (Fsp3) is 0.409. The van der Waals surface area contributed by atoms with Gasteiger partial charge in [-0.3, -0.25) is 9.25 Å². The van der Waals surface area contributed by atoms with Gasteiger partial charge in [0.05, 0.1) is 16.3 Å². The van der Waals surface area contributed by atoms with Crippen LogP contribution in [0.15, 0.2) is 36.9 Å². The summed E-state index contributed by atoms with van der Waals surface area (Å²) in [4.78, 5) is 17.2. The van der Waals surface area contributed by atoms with Gasteiger partial charge < -0.3 is 4.74 Å². The summed E-state index contributed by atoms with van der Waals surface area (Å²) < 4.78 is 35.9. The van der Waals surface area contributed by atoms with Gasteiger partial charge in [-0.05, 0) is 32.9 Å². The smallest absolute Gasteiger partial charge is 0.183 e. The number of methoxy groups -OCH3 is 1. The highest BCUT2D eigenvalue weighted by Gasteiger charge is 2.35. The fourth-order valence-electron chi connectivity index (χ4n) is 3.81. The molecule has 14 heteroatoms. The van der Waals surface area contributed by atoms with Crippen LogP contribution in [0.4, 0.5) is 0 Å². The summed E-state index contributed by atoms with van der Waals surface area (Å²) in [5.41, 5.74) is 1.35. The maximum Gasteiger partial charge on any atom is 0.183 e. The first-order chi connectivity index (χ1) is 17.1. The number of sulfone groups is 1. The molecule has 12 nitrogen and oxygen atoms in total. The molecule has 4 rings (SSSR count). The monoisotopic (exact) mass is 531 g/mol. The fourth-order valence-corrected chi connectivity index (χ4v) is 5.34. The summed E-state index contributed by atoms with van der Waals surface area (Å²) in [5.74, 6) is 0.947. The maximum absolute atomic E-state index is 13.6. The van der Waals surface area contributed by atoms with E-state index >= 15 is 0 Å². The molecule has 0 spiro atoms. The van der Waals surface area contributed by atoms with Gasteiger partial charge in [-0.1, -0.05) is 17.7 Å². The van der Waals surface area contributed by atoms with Crippen molar-refractivity contribution in [3.8, 4) is 11.5 Å². The number of nitrogens with zero attached hydrogens (tertiary/aromatic N) is 9. The molecular formula is C22H26ClN9O3S. The molecule has 0 unspecified atom stereocenters. The van der Waals surface area contributed by atoms with Crippen LogP contribution < -0.4 is 0 Å². The van der Waals surface area contributed by atoms with Gasteiger partial charge in [-0.25, -0.2) is 28.4 Å². The number of aryl methyl sites for hydroxylation is 2. The number of hydrogen-bond donors (Lipinski definition) is 0. The van der Waals surface area contributed by atoms with Crippen LogP contribution in [0, 0.1) is 6.92 Å². The van der Waals surface area contributed by atoms with Crippen molar-refractivity contribution in [2.75, 3.05) is 7.11 Å². The third-order valence-corrected chi connectivity index (χ3v) is 7.97. The lowest BCUT2D eigenvalue weighted by atomic mass is 10.2. The summed E-state index contributed by atoms with van der Waals surface area (Å²) in [6.07, 6.45) is 3.47. The minimum absolute atomic E-state index is 0.218. The van der Waals surface area contributed by atoms with E-state index < -0.39 is 33.0 Å². The minimum atomic E-state index is -3.82. The summed E-state index contributed by atoms with van der Waals surface area (Å²) in [6, 6.07) is 5.06. The van der Waals surface area contributed by atoms with Gasteiger partial charge in [0.1, 0.15) is 29.7 Å². The Morgan fingerprint density at radius 3 is 2.42 bits per heavy atom. The highest BCUT2D eigenvalue weighted by atomic mass is 35.5. The van der Waals surface area contributed by atoms with Gasteiger partial charge in [-0.15, -0.1) is 10.2 Å². The van der Waals surface area contributed by atoms with Crippen LogP contribution in [0.1, 0.15) is 49.2 Å². The van der Waals surface area contributed by atoms with Crippen molar-refractivity contribution in [2.24, 2.45) is 7.05 Å². The molecule has 0 saturated carbocycles. The SMILES string of the molecule is CO[C@H](c1ncc(Cl)cn1)[C@H](C)S(=O)(=O)Cc1nnc(-c2cccc(C)n2)n1[C@H](C)c1ncn(C)n1. The van der Waals surface area contributed by atoms with Crippen LogP contribution in [0.2, 0.25) is 5.02 Å². The van der Waals surface area contributed by atoms with E-state index in [9.17, 15) is 8.42 Å². The van der Waals surface area contributed by atoms with E-state index in [1.165, 1.54) is 19.5 Å². The van der Waals surface area contributed by atoms with Crippen LogP contribution in [0.25, 0.3) is 11.5 Å². The molecule has 0 aliphatic rings. The van der Waals surface area contributed by atoms with Crippen LogP contribution in [-0.2, 0) is 27.4 Å². The number of pyridine rings is 1. The molecule has 0 radical (unpaired) electrons. The van der Waals surface area contributed by atoms with Crippen LogP contribution in [-0.4, -0.2) is 65.3 Å². The summed E-state index contributed by atoms with van der Waals surface area (Å²) in [7, 11) is -0.651. The van der Waals surface area contributed by atoms with E-state index in [1.54, 1.807) is 35.6 Å². The standard InChI is InChI=1S/C22H26ClN9O3S/c1-13-7-6-8-17(27-13)22-29-28-18(32(22)14(2)20-26-12-31(4)30-20)11-36(33,34)15(3)19(35-5)21-24-9-16(23)10-25-21/h6-10,12,14-15,19H,11H2,1-5H3/t14-,15+,19+/m1/s1. The summed E-state index contributed by atoms with van der Waals surface area (Å²) >= 11 is 5.88. The molecule has 0 bridgehead atoms. The van der Waals surface area contributed by atoms with Gasteiger partial charge in [0, 0.05) is 32.2 Å². The Kier molecular flexibility index (Phi) is 7.43. The zero-order valence-corrected chi connectivity index (χ0v) is 22.0. The predicted molar refractivity (Wildman–Crippen MR) is 132 cm³/mol. The molecule has 4 aromatic heterocycles. The molecule has 0 aromatic carbocycles. The molecule has 0 saturated heterocycles. The Labute approximate surface area is 213 Å². The molecule has 3 atom stereocenters. The average molecular weight is 532 g/mol. The third kappa shape index (κ3) is 5.27. The number of hydrogen-bond acceptors (Lipinski definition) is 10. The lowest BCUT2D eigenvalue weighted by Crippen LogP contribution is -2.30. The largest absolute Gasteiger partial charge is 0.372 e. The highest BCUT2D eigenvalue weighted by molar-refractivity contribution is 7.91. The Morgan fingerprint density at radius 1 is 1.08 bits per heavy atom. The normalized spacial score (nSPS) is 14.5. The third-order valence-electron chi connectivity index (χ3n) is 5.73. The van der Waals surface area contributed by atoms with E-state index in [0.717, 1.165) is 5.69 Å². The van der Waals surface area contributed by atoms with E-state index in [4.69, 9.17) is 16.3 Å². The minimum Gasteiger partial charge on any atom is -0.372 e. The van der Waals surface area contributed by atoms with Crippen LogP contribution in [0.5, 0.6) is 0 Å². The van der Waals surface area contributed by atoms with Gasteiger partial charge in [0.15, 0.2) is 27.3 Å². The first-order valence-corrected chi connectivity index (χ1v) is 13.1. The van der Waals surface area contributed by atoms with E-state index in [-0.39, 0.29) is 11.6 Å². The Morgan fingerprint density at radius 2 is 1.81 bits per heavy atom. The van der Waals surface area contributed by atoms with E-state index in [1.807, 2.05) is 26.0 Å². The molecule has 4 aromatic rings. The average Bonchev–Trinajstić information content (AvgIpc) is 3.46. The van der Waals surface area contributed by atoms with Crippen molar-refractivity contribution in [3.63, 3.8) is 0 Å². The van der Waals surface area contributed by atoms with Crippen molar-refractivity contribution in [1.29, 1.82) is 0 Å². The summed E-state index contributed by atoms with van der Waals surface area (Å²) in [6.45, 7) is 5.27. The van der Waals surface area contributed by atoms with E-state index in [0.29, 0.717) is 22.4 Å². The molecule has 190 valence electrons. The maximum atomic E-state index is 13.6. The molecule has 0 aliphatic carbocycles. The van der Waals surface area contributed by atoms with Gasteiger partial charge >= 0.3 is 0 Å². The molecule has 36 heavy (non-hydrogen) atoms. The van der Waals surface area contributed by atoms with Crippen molar-refractivity contribution in [2.45, 2.75) is 43.9 Å². The quantitative estimate of drug-likeness (QED) is 0.316. The molecule has 0 fully saturated rings. The van der Waals surface area contributed by atoms with Gasteiger partial charge in [0.25, 0.3) is 0 Å². The number of ether oxygens (including phenoxy) is 1. The Hall–Kier alpha value is -3.29. The van der Waals surface area contributed by atoms with Crippen molar-refractivity contribution in [1.82, 2.24) is 44.5 Å². The van der Waals surface area contributed by atoms with Gasteiger partial charge in [-0.2, -0.15) is 5.10 Å². The second-order valence-electron chi connectivity index (χ2n) is 8.35. The zero-order chi connectivity index (χ0) is 26.0. The second kappa shape index (κ2) is 10.4.